The number of benzene rings is 2. The number of halogens is 2. The normalized spacial score (nSPS) is 10.9. The van der Waals surface area contributed by atoms with Gasteiger partial charge in [-0.2, -0.15) is 0 Å². The number of methoxy groups -OCH3 is 2. The van der Waals surface area contributed by atoms with Gasteiger partial charge in [-0.25, -0.2) is 4.39 Å². The fourth-order valence-corrected chi connectivity index (χ4v) is 2.53. The van der Waals surface area contributed by atoms with E-state index >= 15 is 0 Å². The third-order valence-electron chi connectivity index (χ3n) is 3.20. The molecule has 0 atom stereocenters. The zero-order valence-electron chi connectivity index (χ0n) is 12.5. The van der Waals surface area contributed by atoms with Gasteiger partial charge in [-0.1, -0.05) is 18.2 Å². The van der Waals surface area contributed by atoms with Crippen molar-refractivity contribution in [3.05, 3.63) is 57.8 Å². The minimum absolute atomic E-state index is 0.269. The van der Waals surface area contributed by atoms with E-state index < -0.39 is 0 Å². The topological polar surface area (TPSA) is 30.8 Å². The highest BCUT2D eigenvalue weighted by Crippen LogP contribution is 2.32. The standard InChI is InChI=1S/C17H17BrFNO2/c1-21-16-10-14(18)17(22-2)9-12(16)7-8-20-11-13-5-3-4-6-15(13)19/h3-6,9-11H,7-8H2,1-2H3. The molecule has 0 saturated heterocycles. The summed E-state index contributed by atoms with van der Waals surface area (Å²) < 4.78 is 25.0. The van der Waals surface area contributed by atoms with E-state index in [0.717, 1.165) is 21.5 Å². The first kappa shape index (κ1) is 16.5. The molecule has 2 aromatic carbocycles. The highest BCUT2D eigenvalue weighted by atomic mass is 79.9. The predicted octanol–water partition coefficient (Wildman–Crippen LogP) is 4.27. The van der Waals surface area contributed by atoms with Crippen LogP contribution in [0, 0.1) is 5.82 Å². The highest BCUT2D eigenvalue weighted by Gasteiger charge is 2.09. The van der Waals surface area contributed by atoms with Crippen LogP contribution in [0.15, 0.2) is 45.9 Å². The molecular formula is C17H17BrFNO2. The Morgan fingerprint density at radius 1 is 1.14 bits per heavy atom. The lowest BCUT2D eigenvalue weighted by Gasteiger charge is -2.11. The summed E-state index contributed by atoms with van der Waals surface area (Å²) in [7, 11) is 3.24. The molecule has 0 N–H and O–H groups in total. The Morgan fingerprint density at radius 2 is 1.86 bits per heavy atom. The second-order valence-electron chi connectivity index (χ2n) is 4.61. The molecule has 0 aliphatic carbocycles. The molecular weight excluding hydrogens is 349 g/mol. The van der Waals surface area contributed by atoms with Gasteiger partial charge >= 0.3 is 0 Å². The van der Waals surface area contributed by atoms with Gasteiger partial charge in [0.2, 0.25) is 0 Å². The summed E-state index contributed by atoms with van der Waals surface area (Å²) in [5.74, 6) is 1.25. The minimum atomic E-state index is -0.269. The molecule has 0 saturated carbocycles. The maximum Gasteiger partial charge on any atom is 0.133 e. The highest BCUT2D eigenvalue weighted by molar-refractivity contribution is 9.10. The van der Waals surface area contributed by atoms with Crippen LogP contribution in [0.1, 0.15) is 11.1 Å². The third-order valence-corrected chi connectivity index (χ3v) is 3.82. The summed E-state index contributed by atoms with van der Waals surface area (Å²) in [5.41, 5.74) is 1.48. The molecule has 0 bridgehead atoms. The smallest absolute Gasteiger partial charge is 0.133 e. The number of ether oxygens (including phenoxy) is 2. The molecule has 0 aromatic heterocycles. The van der Waals surface area contributed by atoms with Crippen molar-refractivity contribution in [1.82, 2.24) is 0 Å². The molecule has 0 aliphatic rings. The maximum atomic E-state index is 13.5. The van der Waals surface area contributed by atoms with E-state index in [1.165, 1.54) is 6.07 Å². The quantitative estimate of drug-likeness (QED) is 0.715. The summed E-state index contributed by atoms with van der Waals surface area (Å²) in [6, 6.07) is 10.3. The number of nitrogens with zero attached hydrogens (tertiary/aromatic N) is 1. The molecule has 0 fully saturated rings. The molecule has 0 spiro atoms. The van der Waals surface area contributed by atoms with Gasteiger partial charge in [0, 0.05) is 18.3 Å². The van der Waals surface area contributed by atoms with Crippen molar-refractivity contribution in [1.29, 1.82) is 0 Å². The van der Waals surface area contributed by atoms with E-state index in [2.05, 4.69) is 20.9 Å². The van der Waals surface area contributed by atoms with E-state index in [4.69, 9.17) is 9.47 Å². The first-order chi connectivity index (χ1) is 10.7. The molecule has 5 heteroatoms. The molecule has 0 aliphatic heterocycles. The van der Waals surface area contributed by atoms with Crippen LogP contribution in [-0.4, -0.2) is 27.0 Å². The summed E-state index contributed by atoms with van der Waals surface area (Å²) in [5, 5.41) is 0. The lowest BCUT2D eigenvalue weighted by Crippen LogP contribution is -1.98. The Hall–Kier alpha value is -1.88. The summed E-state index contributed by atoms with van der Waals surface area (Å²) in [4.78, 5) is 4.28. The average Bonchev–Trinajstić information content (AvgIpc) is 2.53. The Kier molecular flexibility index (Phi) is 5.95. The van der Waals surface area contributed by atoms with Crippen molar-refractivity contribution in [3.63, 3.8) is 0 Å². The predicted molar refractivity (Wildman–Crippen MR) is 89.8 cm³/mol. The zero-order valence-corrected chi connectivity index (χ0v) is 14.1. The van der Waals surface area contributed by atoms with Crippen LogP contribution >= 0.6 is 15.9 Å². The van der Waals surface area contributed by atoms with Crippen LogP contribution in [0.5, 0.6) is 11.5 Å². The Balaban J connectivity index is 2.07. The summed E-state index contributed by atoms with van der Waals surface area (Å²) in [6.45, 7) is 0.537. The average molecular weight is 366 g/mol. The fourth-order valence-electron chi connectivity index (χ4n) is 2.05. The first-order valence-electron chi connectivity index (χ1n) is 6.80. The van der Waals surface area contributed by atoms with Gasteiger partial charge < -0.3 is 9.47 Å². The minimum Gasteiger partial charge on any atom is -0.496 e. The monoisotopic (exact) mass is 365 g/mol. The van der Waals surface area contributed by atoms with Crippen molar-refractivity contribution in [2.24, 2.45) is 4.99 Å². The van der Waals surface area contributed by atoms with Gasteiger partial charge in [0.15, 0.2) is 0 Å². The van der Waals surface area contributed by atoms with Gasteiger partial charge in [0.1, 0.15) is 17.3 Å². The van der Waals surface area contributed by atoms with Crippen molar-refractivity contribution in [2.75, 3.05) is 20.8 Å². The Morgan fingerprint density at radius 3 is 2.55 bits per heavy atom. The van der Waals surface area contributed by atoms with Crippen molar-refractivity contribution in [3.8, 4) is 11.5 Å². The van der Waals surface area contributed by atoms with Gasteiger partial charge in [-0.15, -0.1) is 0 Å². The van der Waals surface area contributed by atoms with E-state index in [1.807, 2.05) is 12.1 Å². The number of hydrogen-bond donors (Lipinski definition) is 0. The van der Waals surface area contributed by atoms with E-state index in [0.29, 0.717) is 18.5 Å². The van der Waals surface area contributed by atoms with Crippen molar-refractivity contribution >= 4 is 22.1 Å². The second-order valence-corrected chi connectivity index (χ2v) is 5.46. The van der Waals surface area contributed by atoms with E-state index in [9.17, 15) is 4.39 Å². The molecule has 22 heavy (non-hydrogen) atoms. The van der Waals surface area contributed by atoms with Crippen LogP contribution in [0.4, 0.5) is 4.39 Å². The number of hydrogen-bond acceptors (Lipinski definition) is 3. The van der Waals surface area contributed by atoms with E-state index in [-0.39, 0.29) is 5.82 Å². The Labute approximate surface area is 137 Å². The molecule has 0 heterocycles. The molecule has 0 radical (unpaired) electrons. The largest absolute Gasteiger partial charge is 0.496 e. The van der Waals surface area contributed by atoms with Crippen LogP contribution in [0.25, 0.3) is 0 Å². The third kappa shape index (κ3) is 4.07. The molecule has 116 valence electrons. The lowest BCUT2D eigenvalue weighted by molar-refractivity contribution is 0.397. The lowest BCUT2D eigenvalue weighted by atomic mass is 10.1. The molecule has 3 nitrogen and oxygen atoms in total. The van der Waals surface area contributed by atoms with Crippen molar-refractivity contribution < 1.29 is 13.9 Å². The van der Waals surface area contributed by atoms with Crippen LogP contribution in [0.2, 0.25) is 0 Å². The Bertz CT molecular complexity index is 674. The van der Waals surface area contributed by atoms with Crippen LogP contribution in [-0.2, 0) is 6.42 Å². The molecule has 0 unspecified atom stereocenters. The summed E-state index contributed by atoms with van der Waals surface area (Å²) >= 11 is 3.43. The fraction of sp³-hybridized carbons (Fsp3) is 0.235. The van der Waals surface area contributed by atoms with Gasteiger partial charge in [0.25, 0.3) is 0 Å². The molecule has 0 amide bonds. The van der Waals surface area contributed by atoms with Crippen LogP contribution < -0.4 is 9.47 Å². The SMILES string of the molecule is COc1cc(CCN=Cc2ccccc2F)c(OC)cc1Br. The number of rotatable bonds is 6. The second kappa shape index (κ2) is 7.94. The first-order valence-corrected chi connectivity index (χ1v) is 7.59. The van der Waals surface area contributed by atoms with E-state index in [1.54, 1.807) is 38.6 Å². The van der Waals surface area contributed by atoms with Crippen molar-refractivity contribution in [2.45, 2.75) is 6.42 Å². The van der Waals surface area contributed by atoms with Gasteiger partial charge in [-0.05, 0) is 46.1 Å². The van der Waals surface area contributed by atoms with Gasteiger partial charge in [-0.3, -0.25) is 4.99 Å². The maximum absolute atomic E-state index is 13.5. The molecule has 2 rings (SSSR count). The summed E-state index contributed by atoms with van der Waals surface area (Å²) in [6.07, 6.45) is 2.23. The zero-order chi connectivity index (χ0) is 15.9. The van der Waals surface area contributed by atoms with Crippen LogP contribution in [0.3, 0.4) is 0 Å². The van der Waals surface area contributed by atoms with Gasteiger partial charge in [0.05, 0.1) is 18.7 Å². The number of aliphatic imine (C=N–C) groups is 1. The molecule has 2 aromatic rings.